The fourth-order valence-corrected chi connectivity index (χ4v) is 1.77. The van der Waals surface area contributed by atoms with Gasteiger partial charge in [-0.1, -0.05) is 0 Å². The Kier molecular flexibility index (Phi) is 4.86. The van der Waals surface area contributed by atoms with Crippen molar-refractivity contribution in [1.82, 2.24) is 5.32 Å². The zero-order valence-electron chi connectivity index (χ0n) is 10.4. The molecule has 0 aromatic heterocycles. The van der Waals surface area contributed by atoms with Crippen molar-refractivity contribution in [3.05, 3.63) is 29.8 Å². The van der Waals surface area contributed by atoms with Crippen LogP contribution >= 0.6 is 11.8 Å². The number of carbonyl (C=O) groups is 1. The quantitative estimate of drug-likeness (QED) is 0.839. The topological polar surface area (TPSA) is 49.3 Å². The van der Waals surface area contributed by atoms with Crippen LogP contribution in [0, 0.1) is 0 Å². The Morgan fingerprint density at radius 1 is 1.26 bits per heavy atom. The van der Waals surface area contributed by atoms with Crippen molar-refractivity contribution in [3.63, 3.8) is 0 Å². The lowest BCUT2D eigenvalue weighted by atomic mass is 10.1. The number of rotatable bonds is 4. The molecule has 3 nitrogen and oxygen atoms in total. The van der Waals surface area contributed by atoms with E-state index in [0.29, 0.717) is 0 Å². The Morgan fingerprint density at radius 3 is 2.21 bits per heavy atom. The van der Waals surface area contributed by atoms with Crippen LogP contribution in [-0.4, -0.2) is 28.7 Å². The third-order valence-electron chi connectivity index (χ3n) is 2.20. The molecule has 0 atom stereocenters. The number of aliphatic hydroxyl groups excluding tert-OH is 1. The number of halogens is 3. The molecule has 1 aromatic carbocycles. The van der Waals surface area contributed by atoms with Crippen LogP contribution in [0.2, 0.25) is 0 Å². The minimum absolute atomic E-state index is 0.0190. The number of hydrogen-bond donors (Lipinski definition) is 2. The summed E-state index contributed by atoms with van der Waals surface area (Å²) in [7, 11) is 0. The molecule has 0 bridgehead atoms. The highest BCUT2D eigenvalue weighted by Gasteiger charge is 2.29. The van der Waals surface area contributed by atoms with E-state index in [-0.39, 0.29) is 28.8 Å². The van der Waals surface area contributed by atoms with E-state index in [4.69, 9.17) is 5.11 Å². The molecule has 0 radical (unpaired) electrons. The van der Waals surface area contributed by atoms with Crippen LogP contribution in [0.15, 0.2) is 29.2 Å². The van der Waals surface area contributed by atoms with Gasteiger partial charge < -0.3 is 10.4 Å². The van der Waals surface area contributed by atoms with Crippen LogP contribution < -0.4 is 5.32 Å². The summed E-state index contributed by atoms with van der Waals surface area (Å²) in [6.45, 7) is 3.04. The number of hydrogen-bond acceptors (Lipinski definition) is 3. The van der Waals surface area contributed by atoms with Crippen molar-refractivity contribution >= 4 is 17.7 Å². The molecule has 0 aliphatic rings. The Morgan fingerprint density at radius 2 is 1.79 bits per heavy atom. The fraction of sp³-hybridized carbons (Fsp3) is 0.417. The lowest BCUT2D eigenvalue weighted by molar-refractivity contribution is -0.0328. The molecule has 1 amide bonds. The van der Waals surface area contributed by atoms with Gasteiger partial charge in [0.05, 0.1) is 12.1 Å². The van der Waals surface area contributed by atoms with Crippen LogP contribution in [0.1, 0.15) is 24.2 Å². The summed E-state index contributed by atoms with van der Waals surface area (Å²) in [5.74, 6) is -0.442. The molecular weight excluding hydrogens is 279 g/mol. The lowest BCUT2D eigenvalue weighted by Crippen LogP contribution is -2.46. The third kappa shape index (κ3) is 5.52. The highest BCUT2D eigenvalue weighted by atomic mass is 32.2. The van der Waals surface area contributed by atoms with Crippen LogP contribution in [0.5, 0.6) is 0 Å². The van der Waals surface area contributed by atoms with E-state index in [2.05, 4.69) is 5.32 Å². The smallest absolute Gasteiger partial charge is 0.394 e. The SMILES string of the molecule is CC(C)(CO)NC(=O)c1ccc(SC(F)(F)F)cc1. The van der Waals surface area contributed by atoms with Crippen molar-refractivity contribution in [3.8, 4) is 0 Å². The second kappa shape index (κ2) is 5.83. The Bertz CT molecular complexity index is 443. The first-order chi connectivity index (χ1) is 8.63. The molecule has 0 saturated carbocycles. The summed E-state index contributed by atoms with van der Waals surface area (Å²) in [6, 6.07) is 5.10. The molecule has 0 unspecified atom stereocenters. The van der Waals surface area contributed by atoms with Gasteiger partial charge in [-0.15, -0.1) is 0 Å². The molecule has 19 heavy (non-hydrogen) atoms. The molecule has 2 N–H and O–H groups in total. The number of nitrogens with one attached hydrogen (secondary N) is 1. The maximum atomic E-state index is 12.1. The molecule has 106 valence electrons. The van der Waals surface area contributed by atoms with Crippen molar-refractivity contribution in [2.45, 2.75) is 29.8 Å². The molecule has 0 spiro atoms. The summed E-state index contributed by atoms with van der Waals surface area (Å²) in [6.07, 6.45) is 0. The van der Waals surface area contributed by atoms with E-state index in [1.807, 2.05) is 0 Å². The first-order valence-corrected chi connectivity index (χ1v) is 6.24. The summed E-state index contributed by atoms with van der Waals surface area (Å²) in [5.41, 5.74) is -4.88. The Balaban J connectivity index is 2.74. The average molecular weight is 293 g/mol. The van der Waals surface area contributed by atoms with Gasteiger partial charge in [0.1, 0.15) is 0 Å². The van der Waals surface area contributed by atoms with Gasteiger partial charge in [0.2, 0.25) is 0 Å². The maximum Gasteiger partial charge on any atom is 0.446 e. The summed E-state index contributed by atoms with van der Waals surface area (Å²) in [5, 5.41) is 11.6. The second-order valence-corrected chi connectivity index (χ2v) is 5.71. The molecular formula is C12H14F3NO2S. The molecule has 0 aliphatic carbocycles. The van der Waals surface area contributed by atoms with Gasteiger partial charge in [-0.3, -0.25) is 4.79 Å². The standard InChI is InChI=1S/C12H14F3NO2S/c1-11(2,7-17)16-10(18)8-3-5-9(6-4-8)19-12(13,14)15/h3-6,17H,7H2,1-2H3,(H,16,18). The summed E-state index contributed by atoms with van der Waals surface area (Å²) < 4.78 is 36.4. The number of alkyl halides is 3. The Hall–Kier alpha value is -1.21. The van der Waals surface area contributed by atoms with Crippen molar-refractivity contribution in [1.29, 1.82) is 0 Å². The maximum absolute atomic E-state index is 12.1. The molecule has 0 saturated heterocycles. The van der Waals surface area contributed by atoms with E-state index >= 15 is 0 Å². The largest absolute Gasteiger partial charge is 0.446 e. The predicted octanol–water partition coefficient (Wildman–Crippen LogP) is 2.80. The van der Waals surface area contributed by atoms with Crippen LogP contribution in [0.25, 0.3) is 0 Å². The van der Waals surface area contributed by atoms with E-state index in [1.54, 1.807) is 13.8 Å². The van der Waals surface area contributed by atoms with E-state index in [1.165, 1.54) is 24.3 Å². The van der Waals surface area contributed by atoms with Gasteiger partial charge in [0.25, 0.3) is 5.91 Å². The van der Waals surface area contributed by atoms with Crippen LogP contribution in [0.3, 0.4) is 0 Å². The minimum Gasteiger partial charge on any atom is -0.394 e. The molecule has 0 heterocycles. The molecule has 7 heteroatoms. The fourth-order valence-electron chi connectivity index (χ4n) is 1.23. The van der Waals surface area contributed by atoms with Crippen molar-refractivity contribution in [2.24, 2.45) is 0 Å². The minimum atomic E-state index is -4.34. The highest BCUT2D eigenvalue weighted by Crippen LogP contribution is 2.36. The normalized spacial score (nSPS) is 12.3. The van der Waals surface area contributed by atoms with E-state index in [0.717, 1.165) is 0 Å². The summed E-state index contributed by atoms with van der Waals surface area (Å²) >= 11 is -0.233. The average Bonchev–Trinajstić information content (AvgIpc) is 2.27. The van der Waals surface area contributed by atoms with Gasteiger partial charge >= 0.3 is 5.51 Å². The number of amides is 1. The van der Waals surface area contributed by atoms with Gasteiger partial charge in [-0.05, 0) is 49.9 Å². The van der Waals surface area contributed by atoms with E-state index < -0.39 is 17.0 Å². The van der Waals surface area contributed by atoms with Gasteiger partial charge in [-0.25, -0.2) is 0 Å². The lowest BCUT2D eigenvalue weighted by Gasteiger charge is -2.23. The van der Waals surface area contributed by atoms with Crippen molar-refractivity contribution < 1.29 is 23.1 Å². The van der Waals surface area contributed by atoms with E-state index in [9.17, 15) is 18.0 Å². The van der Waals surface area contributed by atoms with Gasteiger partial charge in [0, 0.05) is 10.5 Å². The summed E-state index contributed by atoms with van der Waals surface area (Å²) in [4.78, 5) is 11.8. The highest BCUT2D eigenvalue weighted by molar-refractivity contribution is 8.00. The van der Waals surface area contributed by atoms with Crippen LogP contribution in [0.4, 0.5) is 13.2 Å². The van der Waals surface area contributed by atoms with Gasteiger partial charge in [-0.2, -0.15) is 13.2 Å². The molecule has 1 rings (SSSR count). The third-order valence-corrected chi connectivity index (χ3v) is 2.94. The predicted molar refractivity (Wildman–Crippen MR) is 67.0 cm³/mol. The van der Waals surface area contributed by atoms with Crippen LogP contribution in [-0.2, 0) is 0 Å². The monoisotopic (exact) mass is 293 g/mol. The molecule has 0 aliphatic heterocycles. The first-order valence-electron chi connectivity index (χ1n) is 5.42. The molecule has 1 aromatic rings. The number of thioether (sulfide) groups is 1. The molecule has 0 fully saturated rings. The number of carbonyl (C=O) groups excluding carboxylic acids is 1. The number of benzene rings is 1. The zero-order chi connectivity index (χ0) is 14.7. The number of aliphatic hydroxyl groups is 1. The first kappa shape index (κ1) is 15.8. The second-order valence-electron chi connectivity index (χ2n) is 4.57. The zero-order valence-corrected chi connectivity index (χ0v) is 11.2. The van der Waals surface area contributed by atoms with Crippen molar-refractivity contribution in [2.75, 3.05) is 6.61 Å². The Labute approximate surface area is 113 Å². The van der Waals surface area contributed by atoms with Gasteiger partial charge in [0.15, 0.2) is 0 Å².